The van der Waals surface area contributed by atoms with Gasteiger partial charge in [-0.1, -0.05) is 6.08 Å². The SMILES string of the molecule is CO.COC(=O)C1=CCC2C(C(=O)O)=COCC12. The number of esters is 1. The first-order chi connectivity index (χ1) is 8.65. The van der Waals surface area contributed by atoms with E-state index < -0.39 is 11.9 Å². The van der Waals surface area contributed by atoms with E-state index in [2.05, 4.69) is 4.74 Å². The van der Waals surface area contributed by atoms with Crippen LogP contribution in [-0.4, -0.2) is 43.0 Å². The maximum atomic E-state index is 11.4. The smallest absolute Gasteiger partial charge is 0.335 e. The first-order valence-electron chi connectivity index (χ1n) is 5.43. The summed E-state index contributed by atoms with van der Waals surface area (Å²) < 4.78 is 9.74. The van der Waals surface area contributed by atoms with Crippen molar-refractivity contribution >= 4 is 11.9 Å². The zero-order valence-corrected chi connectivity index (χ0v) is 10.3. The third-order valence-electron chi connectivity index (χ3n) is 3.03. The fourth-order valence-corrected chi connectivity index (χ4v) is 2.23. The summed E-state index contributed by atoms with van der Waals surface area (Å²) in [6.45, 7) is 0.336. The molecule has 2 atom stereocenters. The number of methoxy groups -OCH3 is 1. The van der Waals surface area contributed by atoms with Crippen LogP contribution in [0.4, 0.5) is 0 Å². The number of rotatable bonds is 2. The molecular weight excluding hydrogens is 240 g/mol. The van der Waals surface area contributed by atoms with E-state index in [-0.39, 0.29) is 17.4 Å². The lowest BCUT2D eigenvalue weighted by Gasteiger charge is -2.26. The molecule has 0 aromatic carbocycles. The second-order valence-electron chi connectivity index (χ2n) is 3.81. The molecule has 0 radical (unpaired) electrons. The Morgan fingerprint density at radius 2 is 2.00 bits per heavy atom. The number of allylic oxidation sites excluding steroid dienone is 1. The first-order valence-corrected chi connectivity index (χ1v) is 5.43. The van der Waals surface area contributed by atoms with Crippen molar-refractivity contribution < 1.29 is 29.3 Å². The number of carbonyl (C=O) groups excluding carboxylic acids is 1. The molecule has 0 spiro atoms. The summed E-state index contributed by atoms with van der Waals surface area (Å²) in [5, 5.41) is 16.0. The molecule has 1 aliphatic heterocycles. The minimum atomic E-state index is -0.991. The van der Waals surface area contributed by atoms with Crippen LogP contribution in [0, 0.1) is 11.8 Å². The van der Waals surface area contributed by atoms with Crippen LogP contribution in [0.15, 0.2) is 23.5 Å². The van der Waals surface area contributed by atoms with Crippen molar-refractivity contribution in [2.45, 2.75) is 6.42 Å². The van der Waals surface area contributed by atoms with Gasteiger partial charge in [0.25, 0.3) is 0 Å². The molecule has 0 saturated carbocycles. The minimum absolute atomic E-state index is 0.166. The van der Waals surface area contributed by atoms with Gasteiger partial charge in [0.1, 0.15) is 0 Å². The van der Waals surface area contributed by atoms with Gasteiger partial charge in [0.2, 0.25) is 0 Å². The maximum absolute atomic E-state index is 11.4. The number of fused-ring (bicyclic) bond motifs is 1. The summed E-state index contributed by atoms with van der Waals surface area (Å²) in [6, 6.07) is 0. The van der Waals surface area contributed by atoms with E-state index in [9.17, 15) is 9.59 Å². The van der Waals surface area contributed by atoms with Crippen molar-refractivity contribution in [3.8, 4) is 0 Å². The number of aliphatic hydroxyl groups is 1. The Hall–Kier alpha value is -1.82. The van der Waals surface area contributed by atoms with E-state index >= 15 is 0 Å². The molecule has 6 nitrogen and oxygen atoms in total. The van der Waals surface area contributed by atoms with Crippen molar-refractivity contribution in [3.63, 3.8) is 0 Å². The van der Waals surface area contributed by atoms with Gasteiger partial charge >= 0.3 is 11.9 Å². The number of aliphatic hydroxyl groups excluding tert-OH is 1. The molecule has 0 saturated heterocycles. The van der Waals surface area contributed by atoms with Gasteiger partial charge in [0, 0.05) is 24.5 Å². The Kier molecular flexibility index (Phi) is 4.91. The zero-order chi connectivity index (χ0) is 13.7. The van der Waals surface area contributed by atoms with Gasteiger partial charge in [0.15, 0.2) is 0 Å². The fraction of sp³-hybridized carbons (Fsp3) is 0.500. The highest BCUT2D eigenvalue weighted by Gasteiger charge is 2.40. The van der Waals surface area contributed by atoms with E-state index in [1.807, 2.05) is 0 Å². The fourth-order valence-electron chi connectivity index (χ4n) is 2.23. The largest absolute Gasteiger partial charge is 0.500 e. The summed E-state index contributed by atoms with van der Waals surface area (Å²) in [5.41, 5.74) is 0.755. The molecule has 2 rings (SSSR count). The van der Waals surface area contributed by atoms with Crippen molar-refractivity contribution in [2.75, 3.05) is 20.8 Å². The van der Waals surface area contributed by atoms with Gasteiger partial charge in [-0.3, -0.25) is 0 Å². The van der Waals surface area contributed by atoms with Crippen molar-refractivity contribution in [1.82, 2.24) is 0 Å². The molecule has 2 unspecified atom stereocenters. The number of ether oxygens (including phenoxy) is 2. The summed E-state index contributed by atoms with van der Waals surface area (Å²) in [4.78, 5) is 22.4. The Bertz CT molecular complexity index is 395. The zero-order valence-electron chi connectivity index (χ0n) is 10.3. The van der Waals surface area contributed by atoms with E-state index in [1.165, 1.54) is 13.4 Å². The molecular formula is C12H16O6. The highest BCUT2D eigenvalue weighted by Crippen LogP contribution is 2.40. The molecule has 0 fully saturated rings. The maximum Gasteiger partial charge on any atom is 0.335 e. The number of hydrogen-bond acceptors (Lipinski definition) is 5. The van der Waals surface area contributed by atoms with Gasteiger partial charge < -0.3 is 19.7 Å². The minimum Gasteiger partial charge on any atom is -0.500 e. The molecule has 2 N–H and O–H groups in total. The number of aliphatic carboxylic acids is 1. The number of hydrogen-bond donors (Lipinski definition) is 2. The van der Waals surface area contributed by atoms with Crippen LogP contribution in [-0.2, 0) is 19.1 Å². The Morgan fingerprint density at radius 3 is 2.56 bits per heavy atom. The predicted octanol–water partition coefficient (Wildman–Crippen LogP) is 0.329. The quantitative estimate of drug-likeness (QED) is 0.691. The standard InChI is InChI=1S/C11H12O5.CH4O/c1-15-11(14)7-3-2-6-8(7)4-16-5-9(6)10(12)13;1-2/h3,5-6,8H,2,4H2,1H3,(H,12,13);2H,1H3. The van der Waals surface area contributed by atoms with Crippen LogP contribution in [0.2, 0.25) is 0 Å². The molecule has 18 heavy (non-hydrogen) atoms. The van der Waals surface area contributed by atoms with E-state index in [4.69, 9.17) is 14.9 Å². The molecule has 6 heteroatoms. The van der Waals surface area contributed by atoms with E-state index in [0.29, 0.717) is 18.6 Å². The lowest BCUT2D eigenvalue weighted by molar-refractivity contribution is -0.138. The van der Waals surface area contributed by atoms with Crippen LogP contribution in [0.25, 0.3) is 0 Å². The van der Waals surface area contributed by atoms with Gasteiger partial charge in [-0.2, -0.15) is 0 Å². The highest BCUT2D eigenvalue weighted by molar-refractivity contribution is 5.92. The van der Waals surface area contributed by atoms with Gasteiger partial charge in [-0.25, -0.2) is 9.59 Å². The predicted molar refractivity (Wildman–Crippen MR) is 61.5 cm³/mol. The van der Waals surface area contributed by atoms with Crippen LogP contribution in [0.5, 0.6) is 0 Å². The van der Waals surface area contributed by atoms with Crippen molar-refractivity contribution in [3.05, 3.63) is 23.5 Å². The van der Waals surface area contributed by atoms with Crippen LogP contribution in [0.3, 0.4) is 0 Å². The lowest BCUT2D eigenvalue weighted by atomic mass is 9.85. The third kappa shape index (κ3) is 2.53. The Balaban J connectivity index is 0.000000771. The summed E-state index contributed by atoms with van der Waals surface area (Å²) >= 11 is 0. The normalized spacial score (nSPS) is 24.6. The number of carbonyl (C=O) groups is 2. The molecule has 0 amide bonds. The molecule has 1 aliphatic carbocycles. The van der Waals surface area contributed by atoms with Gasteiger partial charge in [-0.15, -0.1) is 0 Å². The molecule has 0 bridgehead atoms. The molecule has 100 valence electrons. The van der Waals surface area contributed by atoms with Crippen molar-refractivity contribution in [1.29, 1.82) is 0 Å². The molecule has 0 aromatic heterocycles. The third-order valence-corrected chi connectivity index (χ3v) is 3.03. The van der Waals surface area contributed by atoms with Crippen LogP contribution >= 0.6 is 0 Å². The molecule has 2 aliphatic rings. The van der Waals surface area contributed by atoms with Crippen LogP contribution in [0.1, 0.15) is 6.42 Å². The summed E-state index contributed by atoms with van der Waals surface area (Å²) in [7, 11) is 2.31. The summed E-state index contributed by atoms with van der Waals surface area (Å²) in [6.07, 6.45) is 3.57. The van der Waals surface area contributed by atoms with E-state index in [1.54, 1.807) is 6.08 Å². The topological polar surface area (TPSA) is 93.1 Å². The summed E-state index contributed by atoms with van der Waals surface area (Å²) in [5.74, 6) is -1.75. The average molecular weight is 256 g/mol. The lowest BCUT2D eigenvalue weighted by Crippen LogP contribution is -2.29. The van der Waals surface area contributed by atoms with E-state index in [0.717, 1.165) is 7.11 Å². The number of carboxylic acids is 1. The highest BCUT2D eigenvalue weighted by atomic mass is 16.5. The van der Waals surface area contributed by atoms with Crippen LogP contribution < -0.4 is 0 Å². The molecule has 0 aromatic rings. The van der Waals surface area contributed by atoms with Gasteiger partial charge in [-0.05, 0) is 6.42 Å². The second-order valence-corrected chi connectivity index (χ2v) is 3.81. The van der Waals surface area contributed by atoms with Gasteiger partial charge in [0.05, 0.1) is 25.6 Å². The average Bonchev–Trinajstić information content (AvgIpc) is 2.83. The Morgan fingerprint density at radius 1 is 1.33 bits per heavy atom. The Labute approximate surface area is 105 Å². The second kappa shape index (κ2) is 6.20. The molecule has 1 heterocycles. The van der Waals surface area contributed by atoms with Crippen molar-refractivity contribution in [2.24, 2.45) is 11.8 Å². The first kappa shape index (κ1) is 14.2. The monoisotopic (exact) mass is 256 g/mol. The number of carboxylic acid groups (broad SMARTS) is 1.